The third kappa shape index (κ3) is 3.88. The average molecular weight is 376 g/mol. The number of hydrogen-bond donors (Lipinski definition) is 1. The molecule has 1 aliphatic rings. The summed E-state index contributed by atoms with van der Waals surface area (Å²) < 4.78 is 3.91. The van der Waals surface area contributed by atoms with E-state index in [0.717, 1.165) is 59.8 Å². The molecule has 1 N–H and O–H groups in total. The predicted molar refractivity (Wildman–Crippen MR) is 109 cm³/mol. The van der Waals surface area contributed by atoms with E-state index >= 15 is 0 Å². The molecule has 144 valence electrons. The van der Waals surface area contributed by atoms with Gasteiger partial charge in [0.25, 0.3) is 0 Å². The van der Waals surface area contributed by atoms with Gasteiger partial charge in [-0.25, -0.2) is 0 Å². The van der Waals surface area contributed by atoms with Crippen LogP contribution in [0.4, 0.5) is 5.69 Å². The Morgan fingerprint density at radius 3 is 2.93 bits per heavy atom. The van der Waals surface area contributed by atoms with Gasteiger partial charge in [0.2, 0.25) is 5.91 Å². The second kappa shape index (κ2) is 7.80. The third-order valence-corrected chi connectivity index (χ3v) is 5.02. The summed E-state index contributed by atoms with van der Waals surface area (Å²) in [6, 6.07) is 6.03. The number of nitrogens with zero attached hydrogens (tertiary/aromatic N) is 5. The maximum atomic E-state index is 12.4. The molecule has 1 amide bonds. The quantitative estimate of drug-likeness (QED) is 0.708. The molecule has 1 aromatic carbocycles. The zero-order valence-electron chi connectivity index (χ0n) is 16.2. The van der Waals surface area contributed by atoms with E-state index in [9.17, 15) is 4.79 Å². The van der Waals surface area contributed by atoms with Crippen LogP contribution >= 0.6 is 0 Å². The minimum atomic E-state index is -0.177. The molecule has 0 saturated carbocycles. The van der Waals surface area contributed by atoms with Gasteiger partial charge in [0.15, 0.2) is 5.82 Å². The van der Waals surface area contributed by atoms with Gasteiger partial charge < -0.3 is 9.88 Å². The van der Waals surface area contributed by atoms with Gasteiger partial charge in [0, 0.05) is 49.1 Å². The fraction of sp³-hybridized carbons (Fsp3) is 0.333. The van der Waals surface area contributed by atoms with Crippen LogP contribution in [-0.4, -0.2) is 30.5 Å². The number of anilines is 1. The molecule has 0 aliphatic carbocycles. The van der Waals surface area contributed by atoms with Crippen molar-refractivity contribution in [3.63, 3.8) is 0 Å². The molecule has 28 heavy (non-hydrogen) atoms. The second-order valence-electron chi connectivity index (χ2n) is 7.20. The molecule has 0 spiro atoms. The van der Waals surface area contributed by atoms with Crippen LogP contribution in [0.15, 0.2) is 36.7 Å². The summed E-state index contributed by atoms with van der Waals surface area (Å²) in [6.45, 7) is 2.93. The van der Waals surface area contributed by atoms with Crippen molar-refractivity contribution in [3.05, 3.63) is 53.6 Å². The Kier molecular flexibility index (Phi) is 5.06. The number of nitrogens with one attached hydrogen (secondary N) is 1. The number of rotatable bonds is 4. The fourth-order valence-electron chi connectivity index (χ4n) is 3.47. The molecule has 0 saturated heterocycles. The van der Waals surface area contributed by atoms with Crippen molar-refractivity contribution in [3.8, 4) is 11.4 Å². The summed E-state index contributed by atoms with van der Waals surface area (Å²) in [6.07, 6.45) is 11.3. The minimum absolute atomic E-state index is 0.177. The maximum absolute atomic E-state index is 12.4. The minimum Gasteiger partial charge on any atom is -0.322 e. The van der Waals surface area contributed by atoms with E-state index in [1.54, 1.807) is 17.0 Å². The Balaban J connectivity index is 1.55. The first kappa shape index (κ1) is 18.2. The first-order chi connectivity index (χ1) is 13.6. The van der Waals surface area contributed by atoms with Gasteiger partial charge in [-0.3, -0.25) is 9.48 Å². The molecular formula is C21H24N6O. The molecule has 7 heteroatoms. The molecule has 3 heterocycles. The van der Waals surface area contributed by atoms with Crippen LogP contribution in [0.3, 0.4) is 0 Å². The Labute approximate surface area is 164 Å². The van der Waals surface area contributed by atoms with Crippen molar-refractivity contribution in [1.82, 2.24) is 24.5 Å². The first-order valence-corrected chi connectivity index (χ1v) is 9.61. The van der Waals surface area contributed by atoms with Gasteiger partial charge in [0.1, 0.15) is 5.82 Å². The van der Waals surface area contributed by atoms with E-state index in [2.05, 4.69) is 25.2 Å². The van der Waals surface area contributed by atoms with Crippen LogP contribution in [0.1, 0.15) is 36.2 Å². The van der Waals surface area contributed by atoms with Crippen LogP contribution in [0.2, 0.25) is 0 Å². The Hall–Kier alpha value is -3.22. The molecule has 2 aromatic heterocycles. The van der Waals surface area contributed by atoms with Gasteiger partial charge in [-0.1, -0.05) is 18.6 Å². The SMILES string of the molecule is Cc1ccc(-c2nnc3n2CCCCC3)cc1NC(=O)/C=C/c1cnn(C)c1. The normalized spacial score (nSPS) is 14.1. The largest absolute Gasteiger partial charge is 0.322 e. The van der Waals surface area contributed by atoms with Gasteiger partial charge in [-0.05, 0) is 37.5 Å². The zero-order chi connectivity index (χ0) is 19.5. The van der Waals surface area contributed by atoms with Crippen molar-refractivity contribution < 1.29 is 4.79 Å². The van der Waals surface area contributed by atoms with Crippen molar-refractivity contribution in [2.24, 2.45) is 7.05 Å². The summed E-state index contributed by atoms with van der Waals surface area (Å²) >= 11 is 0. The number of carbonyl (C=O) groups excluding carboxylic acids is 1. The van der Waals surface area contributed by atoms with E-state index in [4.69, 9.17) is 0 Å². The Morgan fingerprint density at radius 1 is 1.21 bits per heavy atom. The monoisotopic (exact) mass is 376 g/mol. The van der Waals surface area contributed by atoms with Crippen molar-refractivity contribution in [2.45, 2.75) is 39.2 Å². The number of benzene rings is 1. The van der Waals surface area contributed by atoms with Crippen LogP contribution in [-0.2, 0) is 24.8 Å². The standard InChI is InChI=1S/C21H24N6O/c1-15-7-9-17(21-25-24-19-6-4-3-5-11-27(19)21)12-18(15)23-20(28)10-8-16-13-22-26(2)14-16/h7-10,12-14H,3-6,11H2,1-2H3,(H,23,28)/b10-8+. The fourth-order valence-corrected chi connectivity index (χ4v) is 3.47. The number of aryl methyl sites for hydroxylation is 3. The van der Waals surface area contributed by atoms with Crippen LogP contribution in [0.25, 0.3) is 17.5 Å². The predicted octanol–water partition coefficient (Wildman–Crippen LogP) is 3.37. The highest BCUT2D eigenvalue weighted by Gasteiger charge is 2.16. The van der Waals surface area contributed by atoms with Crippen molar-refractivity contribution >= 4 is 17.7 Å². The number of carbonyl (C=O) groups is 1. The molecule has 4 rings (SSSR count). The summed E-state index contributed by atoms with van der Waals surface area (Å²) in [5.74, 6) is 1.75. The smallest absolute Gasteiger partial charge is 0.248 e. The first-order valence-electron chi connectivity index (χ1n) is 9.61. The van der Waals surface area contributed by atoms with Crippen molar-refractivity contribution in [2.75, 3.05) is 5.32 Å². The number of aromatic nitrogens is 5. The van der Waals surface area contributed by atoms with E-state index in [1.807, 2.05) is 38.4 Å². The number of hydrogen-bond acceptors (Lipinski definition) is 4. The average Bonchev–Trinajstić information content (AvgIpc) is 3.21. The van der Waals surface area contributed by atoms with Crippen LogP contribution < -0.4 is 5.32 Å². The third-order valence-electron chi connectivity index (χ3n) is 5.02. The lowest BCUT2D eigenvalue weighted by atomic mass is 10.1. The van der Waals surface area contributed by atoms with Gasteiger partial charge in [-0.15, -0.1) is 10.2 Å². The molecule has 0 unspecified atom stereocenters. The summed E-state index contributed by atoms with van der Waals surface area (Å²) in [7, 11) is 1.84. The number of fused-ring (bicyclic) bond motifs is 1. The highest BCUT2D eigenvalue weighted by atomic mass is 16.1. The molecule has 0 radical (unpaired) electrons. The lowest BCUT2D eigenvalue weighted by Gasteiger charge is -2.11. The van der Waals surface area contributed by atoms with E-state index in [-0.39, 0.29) is 5.91 Å². The lowest BCUT2D eigenvalue weighted by molar-refractivity contribution is -0.111. The van der Waals surface area contributed by atoms with E-state index in [1.165, 1.54) is 12.5 Å². The highest BCUT2D eigenvalue weighted by molar-refractivity contribution is 6.02. The maximum Gasteiger partial charge on any atom is 0.248 e. The lowest BCUT2D eigenvalue weighted by Crippen LogP contribution is -2.09. The van der Waals surface area contributed by atoms with E-state index in [0.29, 0.717) is 0 Å². The second-order valence-corrected chi connectivity index (χ2v) is 7.20. The Morgan fingerprint density at radius 2 is 2.11 bits per heavy atom. The molecular weight excluding hydrogens is 352 g/mol. The molecule has 0 bridgehead atoms. The van der Waals surface area contributed by atoms with Crippen LogP contribution in [0.5, 0.6) is 0 Å². The summed E-state index contributed by atoms with van der Waals surface area (Å²) in [5, 5.41) is 15.9. The van der Waals surface area contributed by atoms with Gasteiger partial charge in [0.05, 0.1) is 6.20 Å². The highest BCUT2D eigenvalue weighted by Crippen LogP contribution is 2.27. The zero-order valence-corrected chi connectivity index (χ0v) is 16.2. The summed E-state index contributed by atoms with van der Waals surface area (Å²) in [4.78, 5) is 12.4. The topological polar surface area (TPSA) is 77.6 Å². The molecule has 3 aromatic rings. The number of amides is 1. The summed E-state index contributed by atoms with van der Waals surface area (Å²) in [5.41, 5.74) is 3.64. The molecule has 1 aliphatic heterocycles. The Bertz CT molecular complexity index is 1030. The molecule has 0 atom stereocenters. The van der Waals surface area contributed by atoms with Crippen LogP contribution in [0, 0.1) is 6.92 Å². The van der Waals surface area contributed by atoms with Crippen molar-refractivity contribution in [1.29, 1.82) is 0 Å². The van der Waals surface area contributed by atoms with E-state index < -0.39 is 0 Å². The van der Waals surface area contributed by atoms with Gasteiger partial charge >= 0.3 is 0 Å². The molecule has 0 fully saturated rings. The molecule has 7 nitrogen and oxygen atoms in total. The van der Waals surface area contributed by atoms with Gasteiger partial charge in [-0.2, -0.15) is 5.10 Å².